The molecule has 2 amide bonds. The Kier molecular flexibility index (Phi) is 4.54. The number of aromatic nitrogens is 1. The van der Waals surface area contributed by atoms with Crippen molar-refractivity contribution in [3.8, 4) is 0 Å². The van der Waals surface area contributed by atoms with E-state index in [-0.39, 0.29) is 5.91 Å². The van der Waals surface area contributed by atoms with Crippen LogP contribution in [0.3, 0.4) is 0 Å². The Labute approximate surface area is 140 Å². The molecule has 0 spiro atoms. The van der Waals surface area contributed by atoms with Gasteiger partial charge in [-0.05, 0) is 35.5 Å². The number of hydrogen-bond donors (Lipinski definition) is 4. The van der Waals surface area contributed by atoms with Crippen molar-refractivity contribution in [1.29, 1.82) is 0 Å². The fraction of sp³-hybridized carbons (Fsp3) is 0.0667. The second-order valence-corrected chi connectivity index (χ2v) is 6.78. The summed E-state index contributed by atoms with van der Waals surface area (Å²) in [6.45, 7) is 1.33. The molecule has 0 aliphatic carbocycles. The molecule has 6 nitrogen and oxygen atoms in total. The number of hydrogen-bond acceptors (Lipinski definition) is 5. The van der Waals surface area contributed by atoms with Gasteiger partial charge in [0, 0.05) is 12.3 Å². The van der Waals surface area contributed by atoms with Gasteiger partial charge in [0.1, 0.15) is 5.69 Å². The number of anilines is 1. The second kappa shape index (κ2) is 6.76. The summed E-state index contributed by atoms with van der Waals surface area (Å²) in [7, 11) is 0. The third-order valence-electron chi connectivity index (χ3n) is 3.01. The monoisotopic (exact) mass is 346 g/mol. The number of para-hydroxylation sites is 1. The molecule has 0 aliphatic rings. The summed E-state index contributed by atoms with van der Waals surface area (Å²) in [5.74, 6) is -0.725. The van der Waals surface area contributed by atoms with Gasteiger partial charge in [0.25, 0.3) is 5.91 Å². The Hall–Kier alpha value is -2.45. The Morgan fingerprint density at radius 2 is 2.04 bits per heavy atom. The van der Waals surface area contributed by atoms with Gasteiger partial charge in [-0.15, -0.1) is 11.3 Å². The first-order valence-electron chi connectivity index (χ1n) is 6.78. The van der Waals surface area contributed by atoms with Gasteiger partial charge >= 0.3 is 0 Å². The highest BCUT2D eigenvalue weighted by atomic mass is 32.2. The molecule has 0 fully saturated rings. The quantitative estimate of drug-likeness (QED) is 0.432. The van der Waals surface area contributed by atoms with E-state index in [0.717, 1.165) is 20.8 Å². The molecule has 0 saturated carbocycles. The van der Waals surface area contributed by atoms with E-state index < -0.39 is 5.91 Å². The van der Waals surface area contributed by atoms with E-state index in [1.807, 2.05) is 35.7 Å². The maximum absolute atomic E-state index is 12.0. The van der Waals surface area contributed by atoms with Crippen molar-refractivity contribution in [2.75, 3.05) is 4.72 Å². The molecule has 3 aromatic rings. The highest BCUT2D eigenvalue weighted by Crippen LogP contribution is 2.30. The minimum Gasteiger partial charge on any atom is -0.349 e. The van der Waals surface area contributed by atoms with E-state index in [9.17, 15) is 9.59 Å². The number of fused-ring (bicyclic) bond motifs is 1. The van der Waals surface area contributed by atoms with Crippen LogP contribution in [0, 0.1) is 0 Å². The number of hydrazine groups is 1. The molecule has 0 saturated heterocycles. The van der Waals surface area contributed by atoms with E-state index in [2.05, 4.69) is 20.6 Å². The Morgan fingerprint density at radius 3 is 2.78 bits per heavy atom. The smallest absolute Gasteiger partial charge is 0.286 e. The number of rotatable bonds is 4. The van der Waals surface area contributed by atoms with Crippen LogP contribution in [-0.2, 0) is 4.79 Å². The number of aromatic amines is 1. The van der Waals surface area contributed by atoms with E-state index in [0.29, 0.717) is 5.69 Å². The van der Waals surface area contributed by atoms with Gasteiger partial charge in [0.05, 0.1) is 15.4 Å². The average molecular weight is 346 g/mol. The van der Waals surface area contributed by atoms with Gasteiger partial charge in [0.2, 0.25) is 5.91 Å². The minimum absolute atomic E-state index is 0.329. The van der Waals surface area contributed by atoms with Crippen molar-refractivity contribution in [2.24, 2.45) is 0 Å². The molecule has 0 unspecified atom stereocenters. The standard InChI is InChI=1S/C15H14N4O2S2/c1-9(20)17-18-15(21)12-8-10-4-2-5-11(14(10)16-12)19-23-13-6-3-7-22-13/h2-8,16,19H,1H3,(H,17,20)(H,18,21). The Morgan fingerprint density at radius 1 is 1.17 bits per heavy atom. The van der Waals surface area contributed by atoms with Crippen LogP contribution in [0.25, 0.3) is 10.9 Å². The lowest BCUT2D eigenvalue weighted by atomic mass is 10.2. The van der Waals surface area contributed by atoms with Crippen LogP contribution in [-0.4, -0.2) is 16.8 Å². The molecule has 23 heavy (non-hydrogen) atoms. The molecule has 2 aromatic heterocycles. The van der Waals surface area contributed by atoms with Crippen LogP contribution in [0.2, 0.25) is 0 Å². The van der Waals surface area contributed by atoms with Gasteiger partial charge in [-0.3, -0.25) is 20.4 Å². The maximum Gasteiger partial charge on any atom is 0.286 e. The van der Waals surface area contributed by atoms with Gasteiger partial charge in [-0.25, -0.2) is 0 Å². The number of benzene rings is 1. The third-order valence-corrected chi connectivity index (χ3v) is 4.87. The maximum atomic E-state index is 12.0. The van der Waals surface area contributed by atoms with Crippen molar-refractivity contribution < 1.29 is 9.59 Å². The zero-order chi connectivity index (χ0) is 16.2. The van der Waals surface area contributed by atoms with Crippen LogP contribution >= 0.6 is 23.3 Å². The summed E-state index contributed by atoms with van der Waals surface area (Å²) in [5.41, 5.74) is 6.71. The SMILES string of the molecule is CC(=O)NNC(=O)c1cc2cccc(NSc3cccs3)c2[nH]1. The zero-order valence-corrected chi connectivity index (χ0v) is 13.8. The molecule has 0 bridgehead atoms. The van der Waals surface area contributed by atoms with Crippen molar-refractivity contribution >= 4 is 51.7 Å². The molecule has 3 rings (SSSR count). The third kappa shape index (κ3) is 3.66. The first-order chi connectivity index (χ1) is 11.1. The number of nitrogens with one attached hydrogen (secondary N) is 4. The lowest BCUT2D eigenvalue weighted by molar-refractivity contribution is -0.119. The lowest BCUT2D eigenvalue weighted by Gasteiger charge is -2.05. The van der Waals surface area contributed by atoms with E-state index >= 15 is 0 Å². The number of carbonyl (C=O) groups is 2. The summed E-state index contributed by atoms with van der Waals surface area (Å²) in [6.07, 6.45) is 0. The van der Waals surface area contributed by atoms with Gasteiger partial charge < -0.3 is 9.71 Å². The molecular formula is C15H14N4O2S2. The zero-order valence-electron chi connectivity index (χ0n) is 12.2. The highest BCUT2D eigenvalue weighted by molar-refractivity contribution is 8.02. The number of carbonyl (C=O) groups excluding carboxylic acids is 2. The van der Waals surface area contributed by atoms with E-state index in [4.69, 9.17) is 0 Å². The van der Waals surface area contributed by atoms with Crippen molar-refractivity contribution in [3.05, 3.63) is 47.5 Å². The fourth-order valence-corrected chi connectivity index (χ4v) is 3.46. The molecule has 118 valence electrons. The first-order valence-corrected chi connectivity index (χ1v) is 8.48. The largest absolute Gasteiger partial charge is 0.349 e. The molecule has 0 atom stereocenters. The van der Waals surface area contributed by atoms with Crippen LogP contribution < -0.4 is 15.6 Å². The fourth-order valence-electron chi connectivity index (χ4n) is 2.00. The Bertz CT molecular complexity index is 842. The van der Waals surface area contributed by atoms with E-state index in [1.54, 1.807) is 17.4 Å². The summed E-state index contributed by atoms with van der Waals surface area (Å²) in [4.78, 5) is 25.9. The summed E-state index contributed by atoms with van der Waals surface area (Å²) in [5, 5.41) is 2.93. The molecular weight excluding hydrogens is 332 g/mol. The molecule has 1 aromatic carbocycles. The molecule has 4 N–H and O–H groups in total. The summed E-state index contributed by atoms with van der Waals surface area (Å²) < 4.78 is 4.44. The average Bonchev–Trinajstić information content (AvgIpc) is 3.19. The van der Waals surface area contributed by atoms with Gasteiger partial charge in [-0.2, -0.15) is 0 Å². The Balaban J connectivity index is 1.80. The predicted octanol–water partition coefficient (Wildman–Crippen LogP) is 3.13. The topological polar surface area (TPSA) is 86.0 Å². The molecule has 2 heterocycles. The highest BCUT2D eigenvalue weighted by Gasteiger charge is 2.12. The normalized spacial score (nSPS) is 10.5. The number of H-pyrrole nitrogens is 1. The molecule has 8 heteroatoms. The number of thiophene rings is 1. The lowest BCUT2D eigenvalue weighted by Crippen LogP contribution is -2.40. The van der Waals surface area contributed by atoms with Crippen LogP contribution in [0.15, 0.2) is 46.0 Å². The van der Waals surface area contributed by atoms with Gasteiger partial charge in [-0.1, -0.05) is 18.2 Å². The van der Waals surface area contributed by atoms with Crippen molar-refractivity contribution in [1.82, 2.24) is 15.8 Å². The van der Waals surface area contributed by atoms with Crippen LogP contribution in [0.5, 0.6) is 0 Å². The molecule has 0 radical (unpaired) electrons. The van der Waals surface area contributed by atoms with Crippen molar-refractivity contribution in [2.45, 2.75) is 11.1 Å². The van der Waals surface area contributed by atoms with Crippen LogP contribution in [0.4, 0.5) is 5.69 Å². The summed E-state index contributed by atoms with van der Waals surface area (Å²) in [6, 6.07) is 11.5. The number of amides is 2. The predicted molar refractivity (Wildman–Crippen MR) is 93.4 cm³/mol. The van der Waals surface area contributed by atoms with Crippen LogP contribution in [0.1, 0.15) is 17.4 Å². The van der Waals surface area contributed by atoms with Crippen molar-refractivity contribution in [3.63, 3.8) is 0 Å². The first kappa shape index (κ1) is 15.4. The minimum atomic E-state index is -0.395. The second-order valence-electron chi connectivity index (χ2n) is 4.72. The van der Waals surface area contributed by atoms with E-state index in [1.165, 1.54) is 18.9 Å². The van der Waals surface area contributed by atoms with Gasteiger partial charge in [0.15, 0.2) is 0 Å². The summed E-state index contributed by atoms with van der Waals surface area (Å²) >= 11 is 3.17. The molecule has 0 aliphatic heterocycles.